The Morgan fingerprint density at radius 3 is 2.53 bits per heavy atom. The molecule has 0 saturated carbocycles. The molecule has 1 fully saturated rings. The fourth-order valence-electron chi connectivity index (χ4n) is 2.13. The molecule has 0 aliphatic carbocycles. The summed E-state index contributed by atoms with van der Waals surface area (Å²) in [5.41, 5.74) is 6.95. The highest BCUT2D eigenvalue weighted by atomic mass is 32.2. The molecule has 1 saturated heterocycles. The number of nitrogens with one attached hydrogen (secondary N) is 1. The predicted molar refractivity (Wildman–Crippen MR) is 73.9 cm³/mol. The molecule has 0 amide bonds. The first-order chi connectivity index (χ1) is 8.89. The predicted octanol–water partition coefficient (Wildman–Crippen LogP) is -0.553. The molecule has 1 aromatic rings. The summed E-state index contributed by atoms with van der Waals surface area (Å²) >= 11 is 0. The second kappa shape index (κ2) is 5.14. The maximum absolute atomic E-state index is 11.4. The molecule has 0 aromatic carbocycles. The zero-order valence-electron chi connectivity index (χ0n) is 10.7. The number of anilines is 1. The van der Waals surface area contributed by atoms with E-state index < -0.39 is 10.0 Å². The van der Waals surface area contributed by atoms with Crippen LogP contribution in [0.2, 0.25) is 0 Å². The molecule has 104 valence electrons. The molecule has 7 nitrogen and oxygen atoms in total. The lowest BCUT2D eigenvalue weighted by atomic mass is 10.2. The van der Waals surface area contributed by atoms with Gasteiger partial charge in [-0.2, -0.15) is 4.31 Å². The van der Waals surface area contributed by atoms with Gasteiger partial charge in [0, 0.05) is 37.9 Å². The summed E-state index contributed by atoms with van der Waals surface area (Å²) in [6.07, 6.45) is 4.47. The van der Waals surface area contributed by atoms with Gasteiger partial charge in [0.25, 0.3) is 0 Å². The van der Waals surface area contributed by atoms with Gasteiger partial charge in [0.2, 0.25) is 10.0 Å². The summed E-state index contributed by atoms with van der Waals surface area (Å²) < 4.78 is 24.3. The van der Waals surface area contributed by atoms with Crippen molar-refractivity contribution in [3.05, 3.63) is 24.0 Å². The molecular formula is C11H17N5O2S. The van der Waals surface area contributed by atoms with Gasteiger partial charge in [-0.1, -0.05) is 0 Å². The first kappa shape index (κ1) is 13.8. The lowest BCUT2D eigenvalue weighted by molar-refractivity contribution is 0.388. The van der Waals surface area contributed by atoms with E-state index >= 15 is 0 Å². The quantitative estimate of drug-likeness (QED) is 0.572. The van der Waals surface area contributed by atoms with Crippen LogP contribution >= 0.6 is 0 Å². The summed E-state index contributed by atoms with van der Waals surface area (Å²) in [5.74, 6) is -0.0112. The van der Waals surface area contributed by atoms with E-state index in [1.807, 2.05) is 4.90 Å². The summed E-state index contributed by atoms with van der Waals surface area (Å²) in [6.45, 7) is 2.01. The number of piperazine rings is 1. The average Bonchev–Trinajstić information content (AvgIpc) is 2.38. The van der Waals surface area contributed by atoms with E-state index in [4.69, 9.17) is 11.1 Å². The van der Waals surface area contributed by atoms with Crippen molar-refractivity contribution in [3.63, 3.8) is 0 Å². The Bertz CT molecular complexity index is 579. The van der Waals surface area contributed by atoms with Crippen molar-refractivity contribution in [1.29, 1.82) is 5.41 Å². The number of nitrogens with zero attached hydrogens (tertiary/aromatic N) is 3. The molecule has 2 heterocycles. The molecule has 3 N–H and O–H groups in total. The van der Waals surface area contributed by atoms with Gasteiger partial charge in [-0.25, -0.2) is 8.42 Å². The van der Waals surface area contributed by atoms with E-state index in [0.29, 0.717) is 31.7 Å². The molecule has 0 atom stereocenters. The van der Waals surface area contributed by atoms with E-state index in [-0.39, 0.29) is 5.84 Å². The number of hydrogen-bond donors (Lipinski definition) is 2. The fourth-order valence-corrected chi connectivity index (χ4v) is 2.95. The molecule has 0 spiro atoms. The van der Waals surface area contributed by atoms with Gasteiger partial charge in [0.05, 0.1) is 18.1 Å². The standard InChI is InChI=1S/C11H17N5O2S/c1-19(17,18)16-6-4-15(5-7-16)10-8-14-3-2-9(10)11(12)13/h2-3,8H,4-7H2,1H3,(H3,12,13). The molecule has 0 unspecified atom stereocenters. The Balaban J connectivity index is 2.16. The van der Waals surface area contributed by atoms with Crippen LogP contribution in [-0.2, 0) is 10.0 Å². The van der Waals surface area contributed by atoms with Gasteiger partial charge >= 0.3 is 0 Å². The van der Waals surface area contributed by atoms with E-state index in [0.717, 1.165) is 5.69 Å². The molecule has 0 radical (unpaired) electrons. The van der Waals surface area contributed by atoms with Crippen molar-refractivity contribution >= 4 is 21.5 Å². The fraction of sp³-hybridized carbons (Fsp3) is 0.455. The topological polar surface area (TPSA) is 103 Å². The maximum atomic E-state index is 11.4. The number of aromatic nitrogens is 1. The van der Waals surface area contributed by atoms with Crippen LogP contribution in [0.15, 0.2) is 18.5 Å². The second-order valence-electron chi connectivity index (χ2n) is 4.46. The molecule has 1 aliphatic heterocycles. The van der Waals surface area contributed by atoms with E-state index in [2.05, 4.69) is 4.98 Å². The third-order valence-corrected chi connectivity index (χ3v) is 4.44. The molecule has 2 rings (SSSR count). The summed E-state index contributed by atoms with van der Waals surface area (Å²) in [6, 6.07) is 1.70. The average molecular weight is 283 g/mol. The monoisotopic (exact) mass is 283 g/mol. The van der Waals surface area contributed by atoms with Crippen molar-refractivity contribution in [2.24, 2.45) is 5.73 Å². The number of rotatable bonds is 3. The lowest BCUT2D eigenvalue weighted by Crippen LogP contribution is -2.48. The van der Waals surface area contributed by atoms with Crippen LogP contribution in [0, 0.1) is 5.41 Å². The number of amidine groups is 1. The van der Waals surface area contributed by atoms with Gasteiger partial charge in [-0.3, -0.25) is 10.4 Å². The maximum Gasteiger partial charge on any atom is 0.211 e. The largest absolute Gasteiger partial charge is 0.384 e. The highest BCUT2D eigenvalue weighted by Crippen LogP contribution is 2.20. The SMILES string of the molecule is CS(=O)(=O)N1CCN(c2cnccc2C(=N)N)CC1. The van der Waals surface area contributed by atoms with Crippen LogP contribution < -0.4 is 10.6 Å². The van der Waals surface area contributed by atoms with Gasteiger partial charge in [-0.05, 0) is 6.07 Å². The molecule has 1 aliphatic rings. The van der Waals surface area contributed by atoms with E-state index in [1.165, 1.54) is 10.6 Å². The van der Waals surface area contributed by atoms with Crippen LogP contribution in [0.3, 0.4) is 0 Å². The van der Waals surface area contributed by atoms with Gasteiger partial charge < -0.3 is 10.6 Å². The first-order valence-electron chi connectivity index (χ1n) is 5.88. The summed E-state index contributed by atoms with van der Waals surface area (Å²) in [5, 5.41) is 7.55. The Kier molecular flexibility index (Phi) is 3.72. The summed E-state index contributed by atoms with van der Waals surface area (Å²) in [7, 11) is -3.13. The van der Waals surface area contributed by atoms with Crippen molar-refractivity contribution in [2.45, 2.75) is 0 Å². The third-order valence-electron chi connectivity index (χ3n) is 3.14. The number of nitrogens with two attached hydrogens (primary N) is 1. The van der Waals surface area contributed by atoms with Crippen LogP contribution in [0.1, 0.15) is 5.56 Å². The van der Waals surface area contributed by atoms with Gasteiger partial charge in [0.1, 0.15) is 5.84 Å². The van der Waals surface area contributed by atoms with Crippen LogP contribution in [0.5, 0.6) is 0 Å². The molecular weight excluding hydrogens is 266 g/mol. The van der Waals surface area contributed by atoms with Crippen molar-refractivity contribution in [1.82, 2.24) is 9.29 Å². The van der Waals surface area contributed by atoms with Crippen molar-refractivity contribution in [3.8, 4) is 0 Å². The normalized spacial score (nSPS) is 17.4. The first-order valence-corrected chi connectivity index (χ1v) is 7.73. The van der Waals surface area contributed by atoms with Crippen LogP contribution in [0.4, 0.5) is 5.69 Å². The lowest BCUT2D eigenvalue weighted by Gasteiger charge is -2.35. The van der Waals surface area contributed by atoms with Crippen LogP contribution in [-0.4, -0.2) is 56.0 Å². The van der Waals surface area contributed by atoms with Crippen LogP contribution in [0.25, 0.3) is 0 Å². The minimum atomic E-state index is -3.13. The highest BCUT2D eigenvalue weighted by molar-refractivity contribution is 7.88. The smallest absolute Gasteiger partial charge is 0.211 e. The van der Waals surface area contributed by atoms with Crippen molar-refractivity contribution < 1.29 is 8.42 Å². The van der Waals surface area contributed by atoms with Crippen molar-refractivity contribution in [2.75, 3.05) is 37.3 Å². The Morgan fingerprint density at radius 2 is 2.00 bits per heavy atom. The van der Waals surface area contributed by atoms with Gasteiger partial charge in [-0.15, -0.1) is 0 Å². The summed E-state index contributed by atoms with van der Waals surface area (Å²) in [4.78, 5) is 6.05. The zero-order chi connectivity index (χ0) is 14.0. The minimum absolute atomic E-state index is 0.0112. The molecule has 19 heavy (non-hydrogen) atoms. The van der Waals surface area contributed by atoms with E-state index in [1.54, 1.807) is 18.5 Å². The third kappa shape index (κ3) is 3.02. The number of hydrogen-bond acceptors (Lipinski definition) is 5. The molecule has 0 bridgehead atoms. The number of pyridine rings is 1. The minimum Gasteiger partial charge on any atom is -0.384 e. The Morgan fingerprint density at radius 1 is 1.37 bits per heavy atom. The number of sulfonamides is 1. The molecule has 1 aromatic heterocycles. The van der Waals surface area contributed by atoms with E-state index in [9.17, 15) is 8.42 Å². The van der Waals surface area contributed by atoms with Gasteiger partial charge in [0.15, 0.2) is 0 Å². The number of nitrogen functional groups attached to an aromatic ring is 1. The highest BCUT2D eigenvalue weighted by Gasteiger charge is 2.24. The Hall–Kier alpha value is -1.67. The second-order valence-corrected chi connectivity index (χ2v) is 6.44. The molecule has 8 heteroatoms. The Labute approximate surface area is 112 Å². The zero-order valence-corrected chi connectivity index (χ0v) is 11.5.